The zero-order valence-corrected chi connectivity index (χ0v) is 22.3. The molecule has 0 aliphatic heterocycles. The van der Waals surface area contributed by atoms with E-state index in [4.69, 9.17) is 10.5 Å². The van der Waals surface area contributed by atoms with Gasteiger partial charge in [-0.1, -0.05) is 11.8 Å². The van der Waals surface area contributed by atoms with Crippen LogP contribution >= 0.6 is 0 Å². The summed E-state index contributed by atoms with van der Waals surface area (Å²) in [5.41, 5.74) is 5.91. The lowest BCUT2D eigenvalue weighted by Crippen LogP contribution is -2.34. The number of amides is 3. The van der Waals surface area contributed by atoms with Crippen molar-refractivity contribution in [3.05, 3.63) is 71.3 Å². The van der Waals surface area contributed by atoms with Crippen molar-refractivity contribution in [3.63, 3.8) is 0 Å². The van der Waals surface area contributed by atoms with Crippen molar-refractivity contribution in [2.45, 2.75) is 39.2 Å². The first-order chi connectivity index (χ1) is 18.5. The largest absolute Gasteiger partial charge is 0.444 e. The molecule has 3 amide bonds. The van der Waals surface area contributed by atoms with Gasteiger partial charge >= 0.3 is 6.09 Å². The molecule has 0 aliphatic rings. The molecule has 0 fully saturated rings. The number of nitrogens with two attached hydrogens (primary N) is 1. The number of halogens is 2. The van der Waals surface area contributed by atoms with Gasteiger partial charge in [-0.05, 0) is 88.7 Å². The van der Waals surface area contributed by atoms with E-state index in [1.807, 2.05) is 0 Å². The van der Waals surface area contributed by atoms with Crippen LogP contribution in [0.25, 0.3) is 0 Å². The Bertz CT molecular complexity index is 1190. The maximum Gasteiger partial charge on any atom is 0.407 e. The van der Waals surface area contributed by atoms with Crippen LogP contribution in [0, 0.1) is 35.3 Å². The Morgan fingerprint density at radius 3 is 1.56 bits per heavy atom. The molecule has 0 spiro atoms. The number of hydrogen-bond donors (Lipinski definition) is 4. The summed E-state index contributed by atoms with van der Waals surface area (Å²) in [6.07, 6.45) is 0.799. The molecule has 2 aromatic rings. The van der Waals surface area contributed by atoms with Crippen molar-refractivity contribution in [3.8, 4) is 23.7 Å². The summed E-state index contributed by atoms with van der Waals surface area (Å²) in [5, 5.41) is 7.80. The first-order valence-electron chi connectivity index (χ1n) is 12.3. The summed E-state index contributed by atoms with van der Waals surface area (Å²) in [4.78, 5) is 34.0. The van der Waals surface area contributed by atoms with E-state index in [0.29, 0.717) is 43.7 Å². The van der Waals surface area contributed by atoms with Gasteiger partial charge in [-0.15, -0.1) is 0 Å². The van der Waals surface area contributed by atoms with Gasteiger partial charge in [0.05, 0.1) is 0 Å². The van der Waals surface area contributed by atoms with Gasteiger partial charge in [0.25, 0.3) is 11.8 Å². The maximum atomic E-state index is 12.7. The molecule has 8 nitrogen and oxygen atoms in total. The Labute approximate surface area is 228 Å². The standard InChI is InChI=1S/C17H21FN2O3.C12H13FN2O/c1-17(2,3)23-16(22)20-12-4-11-19-15(21)10-7-13-5-8-14(18)9-6-13;13-11-5-2-10(3-6-11)4-7-12(16)15-9-1-8-14/h5-6,8-9H,4,11-12H2,1-3H3,(H,19,21)(H,20,22);2-3,5-6H,1,8-9,14H2,(H,15,16). The number of ether oxygens (including phenoxy) is 1. The molecule has 0 saturated heterocycles. The van der Waals surface area contributed by atoms with Gasteiger partial charge in [-0.2, -0.15) is 0 Å². The molecule has 0 aromatic heterocycles. The molecule has 0 saturated carbocycles. The van der Waals surface area contributed by atoms with Crippen molar-refractivity contribution in [2.75, 3.05) is 26.2 Å². The fraction of sp³-hybridized carbons (Fsp3) is 0.345. The van der Waals surface area contributed by atoms with E-state index in [1.165, 1.54) is 48.5 Å². The van der Waals surface area contributed by atoms with Gasteiger partial charge in [0.1, 0.15) is 17.2 Å². The zero-order chi connectivity index (χ0) is 29.1. The molecule has 5 N–H and O–H groups in total. The molecule has 0 aliphatic carbocycles. The summed E-state index contributed by atoms with van der Waals surface area (Å²) in [6, 6.07) is 11.2. The Balaban J connectivity index is 0.000000416. The zero-order valence-electron chi connectivity index (χ0n) is 22.3. The second kappa shape index (κ2) is 17.9. The quantitative estimate of drug-likeness (QED) is 0.318. The molecule has 0 unspecified atom stereocenters. The van der Waals surface area contributed by atoms with Crippen molar-refractivity contribution in [2.24, 2.45) is 5.73 Å². The van der Waals surface area contributed by atoms with Crippen LogP contribution in [0.15, 0.2) is 48.5 Å². The third-order valence-electron chi connectivity index (χ3n) is 4.30. The van der Waals surface area contributed by atoms with Crippen molar-refractivity contribution in [1.29, 1.82) is 0 Å². The molecule has 10 heteroatoms. The average molecular weight is 541 g/mol. The van der Waals surface area contributed by atoms with E-state index in [9.17, 15) is 23.2 Å². The smallest absolute Gasteiger partial charge is 0.407 e. The lowest BCUT2D eigenvalue weighted by atomic mass is 10.2. The van der Waals surface area contributed by atoms with Gasteiger partial charge in [-0.3, -0.25) is 9.59 Å². The second-order valence-corrected chi connectivity index (χ2v) is 8.95. The number of carbonyl (C=O) groups is 3. The van der Waals surface area contributed by atoms with E-state index < -0.39 is 17.6 Å². The molecule has 39 heavy (non-hydrogen) atoms. The van der Waals surface area contributed by atoms with E-state index >= 15 is 0 Å². The number of hydrogen-bond acceptors (Lipinski definition) is 5. The summed E-state index contributed by atoms with van der Waals surface area (Å²) in [7, 11) is 0. The average Bonchev–Trinajstić information content (AvgIpc) is 2.87. The van der Waals surface area contributed by atoms with E-state index in [2.05, 4.69) is 39.6 Å². The molecule has 2 aromatic carbocycles. The van der Waals surface area contributed by atoms with Crippen LogP contribution in [0.3, 0.4) is 0 Å². The summed E-state index contributed by atoms with van der Waals surface area (Å²) < 4.78 is 30.3. The Morgan fingerprint density at radius 1 is 0.744 bits per heavy atom. The molecule has 2 rings (SSSR count). The van der Waals surface area contributed by atoms with Crippen LogP contribution in [-0.4, -0.2) is 49.7 Å². The van der Waals surface area contributed by atoms with Crippen molar-refractivity contribution in [1.82, 2.24) is 16.0 Å². The van der Waals surface area contributed by atoms with Crippen LogP contribution in [-0.2, 0) is 14.3 Å². The van der Waals surface area contributed by atoms with Gasteiger partial charge in [-0.25, -0.2) is 13.6 Å². The van der Waals surface area contributed by atoms with E-state index in [0.717, 1.165) is 6.42 Å². The summed E-state index contributed by atoms with van der Waals surface area (Å²) in [6.45, 7) is 7.18. The number of carbonyl (C=O) groups excluding carboxylic acids is 3. The summed E-state index contributed by atoms with van der Waals surface area (Å²) >= 11 is 0. The Kier molecular flexibility index (Phi) is 15.0. The summed E-state index contributed by atoms with van der Waals surface area (Å²) in [5.74, 6) is 8.66. The Hall–Kier alpha value is -4.41. The normalized spacial score (nSPS) is 9.79. The van der Waals surface area contributed by atoms with Crippen LogP contribution in [0.1, 0.15) is 44.7 Å². The van der Waals surface area contributed by atoms with Crippen LogP contribution < -0.4 is 21.7 Å². The van der Waals surface area contributed by atoms with Gasteiger partial charge in [0.15, 0.2) is 0 Å². The fourth-order valence-corrected chi connectivity index (χ4v) is 2.51. The first-order valence-corrected chi connectivity index (χ1v) is 12.3. The highest BCUT2D eigenvalue weighted by Gasteiger charge is 2.15. The topological polar surface area (TPSA) is 123 Å². The number of alkyl carbamates (subject to hydrolysis) is 1. The third-order valence-corrected chi connectivity index (χ3v) is 4.30. The van der Waals surface area contributed by atoms with Gasteiger partial charge < -0.3 is 26.4 Å². The molecule has 0 radical (unpaired) electrons. The first kappa shape index (κ1) is 32.6. The minimum Gasteiger partial charge on any atom is -0.444 e. The number of rotatable bonds is 7. The molecule has 0 heterocycles. The van der Waals surface area contributed by atoms with Crippen molar-refractivity contribution < 1.29 is 27.9 Å². The van der Waals surface area contributed by atoms with Gasteiger partial charge in [0, 0.05) is 42.6 Å². The SMILES string of the molecule is CC(C)(C)OC(=O)NCCCNC(=O)C#Cc1ccc(F)cc1.NCCCNC(=O)C#Cc1ccc(F)cc1. The molecular formula is C29H34F2N4O4. The molecule has 0 atom stereocenters. The predicted octanol–water partition coefficient (Wildman–Crippen LogP) is 2.85. The van der Waals surface area contributed by atoms with Crippen LogP contribution in [0.5, 0.6) is 0 Å². The molecule has 208 valence electrons. The maximum absolute atomic E-state index is 12.7. The van der Waals surface area contributed by atoms with Gasteiger partial charge in [0.2, 0.25) is 0 Å². The lowest BCUT2D eigenvalue weighted by molar-refractivity contribution is -0.116. The van der Waals surface area contributed by atoms with E-state index in [1.54, 1.807) is 20.8 Å². The lowest BCUT2D eigenvalue weighted by Gasteiger charge is -2.19. The third kappa shape index (κ3) is 17.6. The molecular weight excluding hydrogens is 506 g/mol. The predicted molar refractivity (Wildman–Crippen MR) is 145 cm³/mol. The monoisotopic (exact) mass is 540 g/mol. The highest BCUT2D eigenvalue weighted by atomic mass is 19.1. The number of nitrogens with one attached hydrogen (secondary N) is 3. The second-order valence-electron chi connectivity index (χ2n) is 8.95. The Morgan fingerprint density at radius 2 is 1.15 bits per heavy atom. The highest BCUT2D eigenvalue weighted by Crippen LogP contribution is 2.06. The van der Waals surface area contributed by atoms with Crippen LogP contribution in [0.4, 0.5) is 13.6 Å². The minimum absolute atomic E-state index is 0.321. The van der Waals surface area contributed by atoms with Crippen molar-refractivity contribution >= 4 is 17.9 Å². The minimum atomic E-state index is -0.533. The number of benzene rings is 2. The van der Waals surface area contributed by atoms with E-state index in [-0.39, 0.29) is 17.5 Å². The molecule has 0 bridgehead atoms. The highest BCUT2D eigenvalue weighted by molar-refractivity contribution is 5.94. The van der Waals surface area contributed by atoms with Crippen LogP contribution in [0.2, 0.25) is 0 Å². The fourth-order valence-electron chi connectivity index (χ4n) is 2.51.